The highest BCUT2D eigenvalue weighted by molar-refractivity contribution is 5.82. The van der Waals surface area contributed by atoms with E-state index in [1.54, 1.807) is 36.7 Å². The Morgan fingerprint density at radius 2 is 1.46 bits per heavy atom. The number of hydrogen-bond donors (Lipinski definition) is 1. The Labute approximate surface area is 229 Å². The Balaban J connectivity index is 1.45. The van der Waals surface area contributed by atoms with Crippen molar-refractivity contribution < 1.29 is 18.0 Å². The zero-order chi connectivity index (χ0) is 28.2. The van der Waals surface area contributed by atoms with Crippen molar-refractivity contribution in [2.45, 2.75) is 64.5 Å². The molecule has 2 heterocycles. The Morgan fingerprint density at radius 1 is 0.897 bits per heavy atom. The fourth-order valence-electron chi connectivity index (χ4n) is 4.87. The van der Waals surface area contributed by atoms with Crippen LogP contribution in [0.15, 0.2) is 73.1 Å². The van der Waals surface area contributed by atoms with Crippen molar-refractivity contribution in [1.82, 2.24) is 20.1 Å². The highest BCUT2D eigenvalue weighted by atomic mass is 19.4. The zero-order valence-electron chi connectivity index (χ0n) is 23.0. The summed E-state index contributed by atoms with van der Waals surface area (Å²) in [6.45, 7) is 10.00. The van der Waals surface area contributed by atoms with Gasteiger partial charge in [-0.05, 0) is 67.6 Å². The summed E-state index contributed by atoms with van der Waals surface area (Å²) in [5.41, 5.74) is 2.39. The summed E-state index contributed by atoms with van der Waals surface area (Å²) >= 11 is 0. The van der Waals surface area contributed by atoms with E-state index >= 15 is 0 Å². The Kier molecular flexibility index (Phi) is 8.76. The summed E-state index contributed by atoms with van der Waals surface area (Å²) in [6.07, 6.45) is -0.740. The van der Waals surface area contributed by atoms with Gasteiger partial charge in [-0.15, -0.1) is 0 Å². The molecule has 1 aliphatic rings. The van der Waals surface area contributed by atoms with Crippen LogP contribution in [0, 0.1) is 0 Å². The quantitative estimate of drug-likeness (QED) is 0.394. The number of rotatable bonds is 8. The van der Waals surface area contributed by atoms with Gasteiger partial charge in [-0.25, -0.2) is 0 Å². The third-order valence-electron chi connectivity index (χ3n) is 7.45. The summed E-state index contributed by atoms with van der Waals surface area (Å²) in [7, 11) is 0. The first-order valence-corrected chi connectivity index (χ1v) is 13.4. The van der Waals surface area contributed by atoms with Crippen LogP contribution < -0.4 is 5.32 Å². The van der Waals surface area contributed by atoms with Crippen molar-refractivity contribution in [3.63, 3.8) is 0 Å². The Bertz CT molecular complexity index is 1230. The van der Waals surface area contributed by atoms with Crippen molar-refractivity contribution in [3.05, 3.63) is 89.7 Å². The minimum atomic E-state index is -4.31. The first-order chi connectivity index (χ1) is 18.4. The molecule has 4 rings (SSSR count). The fraction of sp³-hybridized carbons (Fsp3) is 0.419. The minimum absolute atomic E-state index is 0.0305. The van der Waals surface area contributed by atoms with Crippen molar-refractivity contribution in [1.29, 1.82) is 0 Å². The molecule has 1 fully saturated rings. The summed E-state index contributed by atoms with van der Waals surface area (Å²) in [6, 6.07) is 18.4. The van der Waals surface area contributed by atoms with Gasteiger partial charge < -0.3 is 5.32 Å². The number of nitrogens with one attached hydrogen (secondary N) is 1. The van der Waals surface area contributed by atoms with Gasteiger partial charge in [-0.2, -0.15) is 13.2 Å². The monoisotopic (exact) mass is 538 g/mol. The highest BCUT2D eigenvalue weighted by Crippen LogP contribution is 2.40. The molecular formula is C31H37F3N4O. The van der Waals surface area contributed by atoms with E-state index in [-0.39, 0.29) is 23.6 Å². The molecule has 1 amide bonds. The number of amides is 1. The maximum absolute atomic E-state index is 13.4. The number of carbonyl (C=O) groups excluding carboxylic acids is 1. The Hall–Kier alpha value is -3.23. The number of carbonyl (C=O) groups is 1. The van der Waals surface area contributed by atoms with E-state index in [0.717, 1.165) is 36.3 Å². The van der Waals surface area contributed by atoms with Gasteiger partial charge in [0, 0.05) is 51.2 Å². The summed E-state index contributed by atoms with van der Waals surface area (Å²) < 4.78 is 40.2. The third-order valence-corrected chi connectivity index (χ3v) is 7.45. The molecule has 1 saturated heterocycles. The van der Waals surface area contributed by atoms with Gasteiger partial charge in [0.2, 0.25) is 5.91 Å². The summed E-state index contributed by atoms with van der Waals surface area (Å²) in [5.74, 6) is 0.0305. The molecule has 1 N–H and O–H groups in total. The van der Waals surface area contributed by atoms with E-state index in [9.17, 15) is 18.0 Å². The van der Waals surface area contributed by atoms with E-state index in [0.29, 0.717) is 13.1 Å². The standard InChI is InChI=1S/C31H37F3N4O/c1-22(2)36-29(39)28-21-37(19-24-13-15-35-16-14-24)17-18-38(28)20-23-5-7-25(8-6-23)26-9-11-27(12-10-26)30(3,4)31(32,33)34/h5-16,22,28H,17-21H2,1-4H3,(H,36,39)/t28-/m1/s1. The highest BCUT2D eigenvalue weighted by Gasteiger charge is 2.48. The average molecular weight is 539 g/mol. The van der Waals surface area contributed by atoms with Crippen LogP contribution in [0.5, 0.6) is 0 Å². The first-order valence-electron chi connectivity index (χ1n) is 13.4. The molecule has 0 unspecified atom stereocenters. The molecule has 5 nitrogen and oxygen atoms in total. The lowest BCUT2D eigenvalue weighted by Gasteiger charge is -2.41. The lowest BCUT2D eigenvalue weighted by Crippen LogP contribution is -2.59. The van der Waals surface area contributed by atoms with Crippen LogP contribution in [0.3, 0.4) is 0 Å². The molecule has 1 aromatic heterocycles. The van der Waals surface area contributed by atoms with E-state index in [1.165, 1.54) is 19.4 Å². The van der Waals surface area contributed by atoms with Gasteiger partial charge in [-0.3, -0.25) is 19.6 Å². The minimum Gasteiger partial charge on any atom is -0.353 e. The predicted octanol–water partition coefficient (Wildman–Crippen LogP) is 5.80. The topological polar surface area (TPSA) is 48.5 Å². The van der Waals surface area contributed by atoms with E-state index in [2.05, 4.69) is 20.1 Å². The van der Waals surface area contributed by atoms with Crippen LogP contribution in [0.25, 0.3) is 11.1 Å². The number of benzene rings is 2. The summed E-state index contributed by atoms with van der Waals surface area (Å²) in [4.78, 5) is 21.8. The lowest BCUT2D eigenvalue weighted by molar-refractivity contribution is -0.180. The molecule has 0 bridgehead atoms. The molecule has 1 aliphatic heterocycles. The number of halogens is 3. The van der Waals surface area contributed by atoms with Gasteiger partial charge >= 0.3 is 6.18 Å². The zero-order valence-corrected chi connectivity index (χ0v) is 23.0. The number of aromatic nitrogens is 1. The molecule has 208 valence electrons. The van der Waals surface area contributed by atoms with Crippen LogP contribution in [0.2, 0.25) is 0 Å². The van der Waals surface area contributed by atoms with Crippen LogP contribution in [-0.2, 0) is 23.3 Å². The van der Waals surface area contributed by atoms with Crippen molar-refractivity contribution in [3.8, 4) is 11.1 Å². The normalized spacial score (nSPS) is 17.4. The molecule has 2 aromatic carbocycles. The van der Waals surface area contributed by atoms with E-state index in [1.807, 2.05) is 50.2 Å². The summed E-state index contributed by atoms with van der Waals surface area (Å²) in [5, 5.41) is 3.08. The van der Waals surface area contributed by atoms with Crippen molar-refractivity contribution >= 4 is 5.91 Å². The van der Waals surface area contributed by atoms with Crippen LogP contribution in [0.1, 0.15) is 44.4 Å². The van der Waals surface area contributed by atoms with E-state index in [4.69, 9.17) is 0 Å². The third kappa shape index (κ3) is 7.05. The molecule has 0 aliphatic carbocycles. The second-order valence-corrected chi connectivity index (χ2v) is 11.1. The number of alkyl halides is 3. The van der Waals surface area contributed by atoms with Gasteiger partial charge in [0.1, 0.15) is 6.04 Å². The SMILES string of the molecule is CC(C)NC(=O)[C@H]1CN(Cc2ccncc2)CCN1Cc1ccc(-c2ccc(C(C)(C)C(F)(F)F)cc2)cc1. The largest absolute Gasteiger partial charge is 0.397 e. The number of pyridine rings is 1. The van der Waals surface area contributed by atoms with Gasteiger partial charge in [0.25, 0.3) is 0 Å². The van der Waals surface area contributed by atoms with E-state index < -0.39 is 11.6 Å². The predicted molar refractivity (Wildman–Crippen MR) is 148 cm³/mol. The maximum Gasteiger partial charge on any atom is 0.397 e. The molecule has 0 spiro atoms. The molecule has 0 saturated carbocycles. The first kappa shape index (κ1) is 28.8. The van der Waals surface area contributed by atoms with Crippen LogP contribution in [0.4, 0.5) is 13.2 Å². The molecule has 39 heavy (non-hydrogen) atoms. The molecular weight excluding hydrogens is 501 g/mol. The lowest BCUT2D eigenvalue weighted by atomic mass is 9.83. The molecule has 8 heteroatoms. The second-order valence-electron chi connectivity index (χ2n) is 11.1. The smallest absolute Gasteiger partial charge is 0.353 e. The van der Waals surface area contributed by atoms with Gasteiger partial charge in [0.05, 0.1) is 5.41 Å². The molecule has 1 atom stereocenters. The maximum atomic E-state index is 13.4. The van der Waals surface area contributed by atoms with Crippen molar-refractivity contribution in [2.24, 2.45) is 0 Å². The number of piperazine rings is 1. The fourth-order valence-corrected chi connectivity index (χ4v) is 4.87. The molecule has 0 radical (unpaired) electrons. The van der Waals surface area contributed by atoms with Gasteiger partial charge in [-0.1, -0.05) is 48.5 Å². The second kappa shape index (κ2) is 11.9. The molecule has 3 aromatic rings. The van der Waals surface area contributed by atoms with Gasteiger partial charge in [0.15, 0.2) is 0 Å². The van der Waals surface area contributed by atoms with Crippen LogP contribution in [-0.4, -0.2) is 58.6 Å². The number of hydrogen-bond acceptors (Lipinski definition) is 4. The van der Waals surface area contributed by atoms with Crippen LogP contribution >= 0.6 is 0 Å². The Morgan fingerprint density at radius 3 is 2.03 bits per heavy atom. The van der Waals surface area contributed by atoms with Crippen molar-refractivity contribution in [2.75, 3.05) is 19.6 Å². The number of nitrogens with zero attached hydrogens (tertiary/aromatic N) is 3. The average Bonchev–Trinajstić information content (AvgIpc) is 2.89.